The molecule has 3 unspecified atom stereocenters. The number of ether oxygens (including phenoxy) is 2. The molecule has 11 heteroatoms. The number of alkyl halides is 6. The molecule has 0 radical (unpaired) electrons. The van der Waals surface area contributed by atoms with Gasteiger partial charge in [-0.2, -0.15) is 26.3 Å². The first-order valence-electron chi connectivity index (χ1n) is 12.7. The van der Waals surface area contributed by atoms with Gasteiger partial charge in [-0.05, 0) is 92.0 Å². The second-order valence-electron chi connectivity index (χ2n) is 10.9. The molecule has 3 N–H and O–H groups in total. The number of hydrogen-bond acceptors (Lipinski definition) is 5. The van der Waals surface area contributed by atoms with Gasteiger partial charge in [-0.1, -0.05) is 5.57 Å². The molecule has 0 aromatic heterocycles. The fraction of sp³-hybridized carbons (Fsp3) is 0.500. The minimum atomic E-state index is -4.98. The van der Waals surface area contributed by atoms with Crippen molar-refractivity contribution in [3.05, 3.63) is 64.2 Å². The molecule has 1 saturated heterocycles. The molecule has 2 aromatic carbocycles. The highest BCUT2D eigenvalue weighted by atomic mass is 19.4. The Bertz CT molecular complexity index is 1250. The van der Waals surface area contributed by atoms with E-state index in [0.29, 0.717) is 23.6 Å². The van der Waals surface area contributed by atoms with Gasteiger partial charge < -0.3 is 20.3 Å². The fourth-order valence-corrected chi connectivity index (χ4v) is 5.90. The molecule has 1 spiro atoms. The van der Waals surface area contributed by atoms with Crippen LogP contribution in [0, 0.1) is 5.41 Å². The van der Waals surface area contributed by atoms with Gasteiger partial charge >= 0.3 is 12.4 Å². The SMILES string of the molecule is COc1ccc(N)cc1C1=C(CN2C(O)OC(c3cc(C(F)(F)F)cc(C(F)(F)F)c3)C2C)CC2(CC1)CC2. The first-order chi connectivity index (χ1) is 18.2. The molecule has 0 bridgehead atoms. The quantitative estimate of drug-likeness (QED) is 0.314. The van der Waals surface area contributed by atoms with Gasteiger partial charge in [0.25, 0.3) is 0 Å². The molecule has 39 heavy (non-hydrogen) atoms. The van der Waals surface area contributed by atoms with Gasteiger partial charge in [0.05, 0.1) is 18.2 Å². The van der Waals surface area contributed by atoms with Gasteiger partial charge in [0, 0.05) is 23.8 Å². The Balaban J connectivity index is 1.50. The summed E-state index contributed by atoms with van der Waals surface area (Å²) < 4.78 is 91.9. The summed E-state index contributed by atoms with van der Waals surface area (Å²) in [5.41, 5.74) is 6.58. The number of aliphatic hydroxyl groups excluding tert-OH is 1. The van der Waals surface area contributed by atoms with Crippen LogP contribution >= 0.6 is 0 Å². The van der Waals surface area contributed by atoms with Crippen LogP contribution in [0.1, 0.15) is 67.4 Å². The van der Waals surface area contributed by atoms with E-state index in [2.05, 4.69) is 0 Å². The molecule has 2 aromatic rings. The lowest BCUT2D eigenvalue weighted by Crippen LogP contribution is -2.38. The van der Waals surface area contributed by atoms with Crippen LogP contribution in [0.4, 0.5) is 32.0 Å². The molecular formula is C28H30F6N2O3. The third-order valence-electron chi connectivity index (χ3n) is 8.25. The number of hydrogen-bond donors (Lipinski definition) is 2. The molecule has 1 aliphatic heterocycles. The van der Waals surface area contributed by atoms with Crippen LogP contribution < -0.4 is 10.5 Å². The van der Waals surface area contributed by atoms with Crippen molar-refractivity contribution in [2.24, 2.45) is 5.41 Å². The van der Waals surface area contributed by atoms with Gasteiger partial charge in [-0.3, -0.25) is 0 Å². The average molecular weight is 557 g/mol. The van der Waals surface area contributed by atoms with Crippen LogP contribution in [-0.4, -0.2) is 36.1 Å². The fourth-order valence-electron chi connectivity index (χ4n) is 5.90. The molecule has 1 saturated carbocycles. The van der Waals surface area contributed by atoms with Crippen molar-refractivity contribution in [1.29, 1.82) is 0 Å². The van der Waals surface area contributed by atoms with E-state index >= 15 is 0 Å². The van der Waals surface area contributed by atoms with Gasteiger partial charge in [0.2, 0.25) is 6.41 Å². The summed E-state index contributed by atoms with van der Waals surface area (Å²) in [6.07, 6.45) is -7.98. The zero-order chi connectivity index (χ0) is 28.3. The molecular weight excluding hydrogens is 526 g/mol. The third-order valence-corrected chi connectivity index (χ3v) is 8.25. The molecule has 3 aliphatic rings. The Morgan fingerprint density at radius 1 is 1.03 bits per heavy atom. The van der Waals surface area contributed by atoms with E-state index in [1.54, 1.807) is 31.1 Å². The molecule has 2 aliphatic carbocycles. The summed E-state index contributed by atoms with van der Waals surface area (Å²) in [5.74, 6) is 0.649. The third kappa shape index (κ3) is 5.49. The summed E-state index contributed by atoms with van der Waals surface area (Å²) in [7, 11) is 1.56. The van der Waals surface area contributed by atoms with Crippen molar-refractivity contribution in [3.63, 3.8) is 0 Å². The van der Waals surface area contributed by atoms with E-state index < -0.39 is 42.0 Å². The highest BCUT2D eigenvalue weighted by Crippen LogP contribution is 2.59. The first-order valence-corrected chi connectivity index (χ1v) is 12.7. The van der Waals surface area contributed by atoms with Gasteiger partial charge in [0.1, 0.15) is 11.9 Å². The second kappa shape index (κ2) is 9.71. The van der Waals surface area contributed by atoms with Crippen molar-refractivity contribution in [2.45, 2.75) is 69.9 Å². The lowest BCUT2D eigenvalue weighted by atomic mass is 9.78. The number of benzene rings is 2. The second-order valence-corrected chi connectivity index (χ2v) is 10.9. The zero-order valence-electron chi connectivity index (χ0n) is 21.5. The Morgan fingerprint density at radius 3 is 2.23 bits per heavy atom. The standard InChI is InChI=1S/C28H30F6N2O3/c1-15-24(16-9-18(27(29,30)31)11-19(10-16)28(32,33)34)39-25(37)36(15)14-17-13-26(7-8-26)6-5-21(17)22-12-20(35)3-4-23(22)38-2/h3-4,9-12,15,24-25,37H,5-8,13-14,35H2,1-2H3. The summed E-state index contributed by atoms with van der Waals surface area (Å²) in [6.45, 7) is 1.87. The van der Waals surface area contributed by atoms with E-state index in [-0.39, 0.29) is 23.6 Å². The summed E-state index contributed by atoms with van der Waals surface area (Å²) in [6, 6.07) is 6.06. The monoisotopic (exact) mass is 556 g/mol. The van der Waals surface area contributed by atoms with Gasteiger partial charge in [-0.15, -0.1) is 0 Å². The summed E-state index contributed by atoms with van der Waals surface area (Å²) >= 11 is 0. The zero-order valence-corrected chi connectivity index (χ0v) is 21.5. The molecule has 0 amide bonds. The van der Waals surface area contributed by atoms with Gasteiger partial charge in [-0.25, -0.2) is 4.90 Å². The molecule has 5 rings (SSSR count). The van der Waals surface area contributed by atoms with E-state index in [0.717, 1.165) is 48.8 Å². The predicted molar refractivity (Wildman–Crippen MR) is 132 cm³/mol. The largest absolute Gasteiger partial charge is 0.496 e. The van der Waals surface area contributed by atoms with E-state index in [1.165, 1.54) is 0 Å². The molecule has 212 valence electrons. The number of aliphatic hydroxyl groups is 1. The maximum atomic E-state index is 13.5. The molecule has 2 fully saturated rings. The van der Waals surface area contributed by atoms with Crippen LogP contribution in [-0.2, 0) is 17.1 Å². The Hall–Kier alpha value is -2.76. The number of nitrogen functional groups attached to an aromatic ring is 1. The van der Waals surface area contributed by atoms with Gasteiger partial charge in [0.15, 0.2) is 0 Å². The number of nitrogens with zero attached hydrogens (tertiary/aromatic N) is 1. The normalized spacial score (nSPS) is 25.4. The molecule has 1 heterocycles. The number of methoxy groups -OCH3 is 1. The highest BCUT2D eigenvalue weighted by Gasteiger charge is 2.48. The topological polar surface area (TPSA) is 68.0 Å². The number of allylic oxidation sites excluding steroid dienone is 1. The van der Waals surface area contributed by atoms with Crippen LogP contribution in [0.5, 0.6) is 5.75 Å². The summed E-state index contributed by atoms with van der Waals surface area (Å²) in [5, 5.41) is 10.8. The Morgan fingerprint density at radius 2 is 1.67 bits per heavy atom. The maximum Gasteiger partial charge on any atom is 0.416 e. The highest BCUT2D eigenvalue weighted by molar-refractivity contribution is 5.76. The van der Waals surface area contributed by atoms with E-state index in [4.69, 9.17) is 15.2 Å². The predicted octanol–water partition coefficient (Wildman–Crippen LogP) is 6.77. The smallest absolute Gasteiger partial charge is 0.416 e. The van der Waals surface area contributed by atoms with E-state index in [9.17, 15) is 31.4 Å². The maximum absolute atomic E-state index is 13.5. The van der Waals surface area contributed by atoms with Crippen LogP contribution in [0.2, 0.25) is 0 Å². The van der Waals surface area contributed by atoms with E-state index in [1.807, 2.05) is 6.07 Å². The van der Waals surface area contributed by atoms with Crippen LogP contribution in [0.3, 0.4) is 0 Å². The first kappa shape index (κ1) is 27.8. The van der Waals surface area contributed by atoms with Crippen molar-refractivity contribution in [3.8, 4) is 5.75 Å². The lowest BCUT2D eigenvalue weighted by molar-refractivity contribution is -0.150. The minimum Gasteiger partial charge on any atom is -0.496 e. The van der Waals surface area contributed by atoms with Crippen LogP contribution in [0.25, 0.3) is 5.57 Å². The average Bonchev–Trinajstić information content (AvgIpc) is 3.55. The van der Waals surface area contributed by atoms with Crippen molar-refractivity contribution in [1.82, 2.24) is 4.90 Å². The Kier molecular flexibility index (Phi) is 6.92. The molecule has 5 nitrogen and oxygen atoms in total. The number of rotatable bonds is 5. The number of halogens is 6. The van der Waals surface area contributed by atoms with Crippen LogP contribution in [0.15, 0.2) is 42.0 Å². The number of nitrogens with two attached hydrogens (primary N) is 1. The lowest BCUT2D eigenvalue weighted by Gasteiger charge is -2.32. The number of anilines is 1. The van der Waals surface area contributed by atoms with Crippen molar-refractivity contribution >= 4 is 11.3 Å². The minimum absolute atomic E-state index is 0.0878. The Labute approximate surface area is 222 Å². The van der Waals surface area contributed by atoms with Crippen molar-refractivity contribution in [2.75, 3.05) is 19.4 Å². The summed E-state index contributed by atoms with van der Waals surface area (Å²) in [4.78, 5) is 1.58. The van der Waals surface area contributed by atoms with Crippen molar-refractivity contribution < 1.29 is 40.9 Å². The molecule has 3 atom stereocenters.